The topological polar surface area (TPSA) is 117 Å². The van der Waals surface area contributed by atoms with Crippen LogP contribution in [-0.4, -0.2) is 72.5 Å². The molecule has 41 heavy (non-hydrogen) atoms. The first-order valence-electron chi connectivity index (χ1n) is 13.2. The summed E-state index contributed by atoms with van der Waals surface area (Å²) >= 11 is 0. The number of anilines is 1. The highest BCUT2D eigenvalue weighted by atomic mass is 19.1. The van der Waals surface area contributed by atoms with E-state index in [1.54, 1.807) is 32.7 Å². The number of hydrogen-bond donors (Lipinski definition) is 0. The number of pyridine rings is 3. The lowest BCUT2D eigenvalue weighted by Gasteiger charge is -2.44. The predicted molar refractivity (Wildman–Crippen MR) is 146 cm³/mol. The van der Waals surface area contributed by atoms with E-state index in [0.717, 1.165) is 34.3 Å². The van der Waals surface area contributed by atoms with Crippen LogP contribution in [0.3, 0.4) is 0 Å². The van der Waals surface area contributed by atoms with Crippen molar-refractivity contribution in [2.75, 3.05) is 31.1 Å². The smallest absolute Gasteiger partial charge is 0.228 e. The molecule has 0 saturated carbocycles. The number of halogens is 1. The van der Waals surface area contributed by atoms with E-state index >= 15 is 0 Å². The summed E-state index contributed by atoms with van der Waals surface area (Å²) in [6, 6.07) is 9.02. The number of amides is 1. The summed E-state index contributed by atoms with van der Waals surface area (Å²) < 4.78 is 22.8. The quantitative estimate of drug-likeness (QED) is 0.336. The van der Waals surface area contributed by atoms with E-state index in [2.05, 4.69) is 26.2 Å². The van der Waals surface area contributed by atoms with E-state index in [1.807, 2.05) is 31.6 Å². The minimum atomic E-state index is -0.426. The highest BCUT2D eigenvalue weighted by Crippen LogP contribution is 2.39. The Morgan fingerprint density at radius 1 is 1.07 bits per heavy atom. The Balaban J connectivity index is 1.16. The second-order valence-electron chi connectivity index (χ2n) is 10.2. The van der Waals surface area contributed by atoms with Crippen molar-refractivity contribution in [2.45, 2.75) is 12.5 Å². The Morgan fingerprint density at radius 2 is 1.98 bits per heavy atom. The van der Waals surface area contributed by atoms with Gasteiger partial charge in [0.15, 0.2) is 11.6 Å². The van der Waals surface area contributed by atoms with Crippen molar-refractivity contribution in [3.8, 4) is 34.1 Å². The average Bonchev–Trinajstić information content (AvgIpc) is 3.63. The minimum Gasteiger partial charge on any atom is -0.487 e. The van der Waals surface area contributed by atoms with Gasteiger partial charge in [-0.2, -0.15) is 15.5 Å². The number of aromatic nitrogens is 6. The Hall–Kier alpha value is -5.31. The molecular weight excluding hydrogens is 525 g/mol. The molecule has 12 heteroatoms. The lowest BCUT2D eigenvalue weighted by molar-refractivity contribution is -0.131. The van der Waals surface area contributed by atoms with Crippen molar-refractivity contribution in [1.29, 1.82) is 5.26 Å². The Morgan fingerprint density at radius 3 is 2.76 bits per heavy atom. The van der Waals surface area contributed by atoms with Crippen molar-refractivity contribution < 1.29 is 13.9 Å². The molecular formula is C29H24FN9O2. The van der Waals surface area contributed by atoms with Crippen LogP contribution in [0.2, 0.25) is 0 Å². The standard InChI is InChI=1S/C29H24FN9O2/c1-36-14-21(12-34-36)19-6-25(28-20(9-31)11-35-39(28)15-19)18-7-26-29(33-10-18)38-5-4-37(16-24(38)17-41-26)27(40)8-23-3-2-22(30)13-32-23/h2-3,6-7,10-15,24H,4-5,8,16-17H2,1H3/t24-/m1/s1. The molecule has 0 spiro atoms. The SMILES string of the molecule is Cn1cc(-c2cc(-c3cnc4c(c3)OC[C@H]3CN(C(=O)Cc5ccc(F)cn5)CCN43)c3c(C#N)cnn3c2)cn1. The van der Waals surface area contributed by atoms with Crippen LogP contribution in [0.1, 0.15) is 11.3 Å². The van der Waals surface area contributed by atoms with E-state index in [4.69, 9.17) is 9.72 Å². The molecule has 7 heterocycles. The summed E-state index contributed by atoms with van der Waals surface area (Å²) in [5.74, 6) is 0.900. The van der Waals surface area contributed by atoms with Crippen molar-refractivity contribution in [2.24, 2.45) is 7.05 Å². The van der Waals surface area contributed by atoms with E-state index < -0.39 is 5.82 Å². The van der Waals surface area contributed by atoms with Crippen molar-refractivity contribution >= 4 is 17.2 Å². The monoisotopic (exact) mass is 549 g/mol. The Bertz CT molecular complexity index is 1840. The van der Waals surface area contributed by atoms with Crippen molar-refractivity contribution in [3.63, 3.8) is 0 Å². The van der Waals surface area contributed by atoms with Gasteiger partial charge < -0.3 is 14.5 Å². The highest BCUT2D eigenvalue weighted by molar-refractivity contribution is 5.88. The maximum absolute atomic E-state index is 13.2. The van der Waals surface area contributed by atoms with Gasteiger partial charge in [0, 0.05) is 73.2 Å². The van der Waals surface area contributed by atoms with Crippen LogP contribution in [-0.2, 0) is 18.3 Å². The average molecular weight is 550 g/mol. The summed E-state index contributed by atoms with van der Waals surface area (Å²) in [7, 11) is 1.86. The molecule has 0 bridgehead atoms. The van der Waals surface area contributed by atoms with E-state index in [0.29, 0.717) is 48.8 Å². The third-order valence-electron chi connectivity index (χ3n) is 7.57. The van der Waals surface area contributed by atoms with Crippen LogP contribution in [0.25, 0.3) is 27.8 Å². The number of carbonyl (C=O) groups is 1. The lowest BCUT2D eigenvalue weighted by Crippen LogP contribution is -2.58. The molecule has 5 aromatic heterocycles. The maximum Gasteiger partial charge on any atom is 0.228 e. The van der Waals surface area contributed by atoms with E-state index in [-0.39, 0.29) is 18.4 Å². The second-order valence-corrected chi connectivity index (χ2v) is 10.2. The van der Waals surface area contributed by atoms with E-state index in [1.165, 1.54) is 12.1 Å². The number of aryl methyl sites for hydroxylation is 1. The van der Waals surface area contributed by atoms with Crippen LogP contribution >= 0.6 is 0 Å². The predicted octanol–water partition coefficient (Wildman–Crippen LogP) is 2.85. The fourth-order valence-electron chi connectivity index (χ4n) is 5.53. The third-order valence-corrected chi connectivity index (χ3v) is 7.57. The molecule has 0 unspecified atom stereocenters. The van der Waals surface area contributed by atoms with Crippen LogP contribution in [0, 0.1) is 17.1 Å². The zero-order valence-corrected chi connectivity index (χ0v) is 22.1. The molecule has 1 amide bonds. The zero-order valence-electron chi connectivity index (χ0n) is 22.1. The molecule has 0 radical (unpaired) electrons. The van der Waals surface area contributed by atoms with Crippen LogP contribution in [0.4, 0.5) is 10.2 Å². The van der Waals surface area contributed by atoms with Crippen LogP contribution < -0.4 is 9.64 Å². The van der Waals surface area contributed by atoms with Gasteiger partial charge in [0.05, 0.1) is 42.1 Å². The third kappa shape index (κ3) is 4.41. The normalized spacial score (nSPS) is 16.2. The number of nitriles is 1. The van der Waals surface area contributed by atoms with Gasteiger partial charge in [-0.1, -0.05) is 0 Å². The molecule has 11 nitrogen and oxygen atoms in total. The number of ether oxygens (including phenoxy) is 1. The molecule has 2 aliphatic rings. The number of rotatable bonds is 4. The summed E-state index contributed by atoms with van der Waals surface area (Å²) in [6.45, 7) is 2.04. The molecule has 204 valence electrons. The molecule has 0 N–H and O–H groups in total. The molecule has 1 saturated heterocycles. The van der Waals surface area contributed by atoms with Gasteiger partial charge in [-0.05, 0) is 24.3 Å². The molecule has 0 aliphatic carbocycles. The van der Waals surface area contributed by atoms with Gasteiger partial charge in [0.1, 0.15) is 18.5 Å². The van der Waals surface area contributed by atoms with Gasteiger partial charge in [0.25, 0.3) is 0 Å². The Labute approximate surface area is 234 Å². The van der Waals surface area contributed by atoms with Crippen molar-refractivity contribution in [3.05, 3.63) is 78.5 Å². The van der Waals surface area contributed by atoms with Crippen molar-refractivity contribution in [1.82, 2.24) is 34.3 Å². The first kappa shape index (κ1) is 24.7. The van der Waals surface area contributed by atoms with Crippen LogP contribution in [0.15, 0.2) is 61.4 Å². The van der Waals surface area contributed by atoms with E-state index in [9.17, 15) is 14.4 Å². The number of carbonyl (C=O) groups excluding carboxylic acids is 1. The van der Waals surface area contributed by atoms with Gasteiger partial charge >= 0.3 is 0 Å². The summed E-state index contributed by atoms with van der Waals surface area (Å²) in [6.07, 6.45) is 10.2. The van der Waals surface area contributed by atoms with Gasteiger partial charge in [-0.25, -0.2) is 13.9 Å². The van der Waals surface area contributed by atoms with Gasteiger partial charge in [-0.15, -0.1) is 0 Å². The molecule has 1 atom stereocenters. The first-order valence-corrected chi connectivity index (χ1v) is 13.2. The first-order chi connectivity index (χ1) is 20.0. The summed E-state index contributed by atoms with van der Waals surface area (Å²) in [4.78, 5) is 25.7. The second kappa shape index (κ2) is 9.71. The fraction of sp³-hybridized carbons (Fsp3) is 0.241. The largest absolute Gasteiger partial charge is 0.487 e. The molecule has 2 aliphatic heterocycles. The van der Waals surface area contributed by atoms with Crippen LogP contribution in [0.5, 0.6) is 5.75 Å². The lowest BCUT2D eigenvalue weighted by atomic mass is 10.0. The maximum atomic E-state index is 13.2. The molecule has 0 aromatic carbocycles. The van der Waals surface area contributed by atoms with Gasteiger partial charge in [0.2, 0.25) is 5.91 Å². The minimum absolute atomic E-state index is 0.0413. The number of piperazine rings is 1. The number of fused-ring (bicyclic) bond motifs is 4. The fourth-order valence-corrected chi connectivity index (χ4v) is 5.53. The Kier molecular flexibility index (Phi) is 5.85. The number of nitrogens with zero attached hydrogens (tertiary/aromatic N) is 9. The molecule has 5 aromatic rings. The zero-order chi connectivity index (χ0) is 28.1. The molecule has 1 fully saturated rings. The summed E-state index contributed by atoms with van der Waals surface area (Å²) in [5, 5.41) is 18.5. The summed E-state index contributed by atoms with van der Waals surface area (Å²) in [5.41, 5.74) is 5.15. The highest BCUT2D eigenvalue weighted by Gasteiger charge is 2.35. The van der Waals surface area contributed by atoms with Gasteiger partial charge in [-0.3, -0.25) is 14.5 Å². The molecule has 7 rings (SSSR count). The number of hydrogen-bond acceptors (Lipinski definition) is 8.